The van der Waals surface area contributed by atoms with Crippen LogP contribution in [0.5, 0.6) is 46.0 Å². The molecule has 8 rings (SSSR count). The van der Waals surface area contributed by atoms with Gasteiger partial charge in [0.15, 0.2) is 46.5 Å². The Labute approximate surface area is 469 Å². The summed E-state index contributed by atoms with van der Waals surface area (Å²) >= 11 is 0. The monoisotopic (exact) mass is 1300 g/mol. The van der Waals surface area contributed by atoms with Crippen LogP contribution in [-0.2, 0) is 23.8 Å². The third kappa shape index (κ3) is 11.4. The van der Waals surface area contributed by atoms with E-state index >= 15 is 0 Å². The van der Waals surface area contributed by atoms with E-state index in [2.05, 4.69) is 33.2 Å². The molecule has 4 N–H and O–H groups in total. The largest absolute Gasteiger partial charge is 0.478 e. The fraction of sp³-hybridized carbons (Fsp3) is 0.0417. The summed E-state index contributed by atoms with van der Waals surface area (Å²) in [5.74, 6) is -91.1. The van der Waals surface area contributed by atoms with Crippen molar-refractivity contribution in [1.82, 2.24) is 0 Å². The highest BCUT2D eigenvalue weighted by molar-refractivity contribution is 6.16. The number of carboxylic acid groups (broad SMARTS) is 4. The number of hydrogen-bond acceptors (Lipinski definition) is 17. The summed E-state index contributed by atoms with van der Waals surface area (Å²) in [4.78, 5) is 110. The van der Waals surface area contributed by atoms with Gasteiger partial charge in [0.25, 0.3) is 0 Å². The molecule has 21 nitrogen and oxygen atoms in total. The van der Waals surface area contributed by atoms with Gasteiger partial charge in [0.2, 0.25) is 116 Å². The van der Waals surface area contributed by atoms with Crippen LogP contribution in [0.25, 0.3) is 0 Å². The predicted molar refractivity (Wildman–Crippen MR) is 228 cm³/mol. The summed E-state index contributed by atoms with van der Waals surface area (Å²) < 4.78 is 317. The van der Waals surface area contributed by atoms with Gasteiger partial charge in [0, 0.05) is 13.8 Å². The molecule has 0 aromatic heterocycles. The van der Waals surface area contributed by atoms with E-state index in [1.165, 1.54) is 13.8 Å². The van der Waals surface area contributed by atoms with Gasteiger partial charge >= 0.3 is 59.7 Å². The highest BCUT2D eigenvalue weighted by Crippen LogP contribution is 2.46. The summed E-state index contributed by atoms with van der Waals surface area (Å²) in [7, 11) is 0. The summed E-state index contributed by atoms with van der Waals surface area (Å²) in [6, 6.07) is 0. The highest BCUT2D eigenvalue weighted by atomic mass is 19.2. The molecule has 41 heteroatoms. The molecule has 0 saturated carbocycles. The molecule has 6 aromatic rings. The molecule has 6 aromatic carbocycles. The molecule has 0 fully saturated rings. The molecule has 0 saturated heterocycles. The van der Waals surface area contributed by atoms with E-state index in [1.807, 2.05) is 0 Å². The Hall–Kier alpha value is -11.6. The normalized spacial score (nSPS) is 12.0. The molecule has 468 valence electrons. The van der Waals surface area contributed by atoms with Crippen LogP contribution in [0.1, 0.15) is 96.7 Å². The van der Waals surface area contributed by atoms with Gasteiger partial charge in [-0.15, -0.1) is 0 Å². The minimum absolute atomic E-state index is 0.562. The van der Waals surface area contributed by atoms with Crippen LogP contribution in [0.3, 0.4) is 0 Å². The van der Waals surface area contributed by atoms with Gasteiger partial charge in [-0.25, -0.2) is 73.5 Å². The van der Waals surface area contributed by atoms with Crippen LogP contribution in [0, 0.1) is 116 Å². The van der Waals surface area contributed by atoms with E-state index in [-0.39, 0.29) is 0 Å². The second-order valence-electron chi connectivity index (χ2n) is 16.0. The van der Waals surface area contributed by atoms with E-state index in [1.54, 1.807) is 0 Å². The molecule has 0 radical (unpaired) electrons. The second kappa shape index (κ2) is 24.4. The van der Waals surface area contributed by atoms with Crippen LogP contribution in [0.15, 0.2) is 0 Å². The molecular weight excluding hydrogens is 1290 g/mol. The maximum absolute atomic E-state index is 14.6. The quantitative estimate of drug-likeness (QED) is 0.0291. The number of cyclic esters (lactones) is 4. The molecule has 2 heterocycles. The lowest BCUT2D eigenvalue weighted by Gasteiger charge is -2.17. The predicted octanol–water partition coefficient (Wildman–Crippen LogP) is 10.8. The van der Waals surface area contributed by atoms with E-state index < -0.39 is 267 Å². The number of esters is 6. The number of aromatic carboxylic acids is 4. The lowest BCUT2D eigenvalue weighted by Crippen LogP contribution is -2.17. The Morgan fingerprint density at radius 2 is 0.416 bits per heavy atom. The molecule has 0 unspecified atom stereocenters. The van der Waals surface area contributed by atoms with Crippen molar-refractivity contribution >= 4 is 59.7 Å². The van der Waals surface area contributed by atoms with Gasteiger partial charge in [0.1, 0.15) is 44.5 Å². The van der Waals surface area contributed by atoms with Gasteiger partial charge in [0.05, 0.1) is 0 Å². The second-order valence-corrected chi connectivity index (χ2v) is 16.0. The number of ether oxygens (including phenoxy) is 7. The molecule has 0 amide bonds. The SMILES string of the molecule is CC(=O)OC(C)=O.O=C(O)c1c(F)c(F)c(Oc2c(F)c(F)c(Oc3c(F)c(F)c(C(=O)O)c(C(=O)O)c3F)c(F)c2F)c(F)c1C(=O)O.O=C1OC(=O)c2c(F)c(Oc3c(F)c(F)c(Oc4c(F)c(F)c5c(c4F)C(=O)OC5=O)c(F)c3F)c(F)c(F)c21. The van der Waals surface area contributed by atoms with E-state index in [4.69, 9.17) is 20.4 Å². The van der Waals surface area contributed by atoms with Crippen molar-refractivity contribution in [2.24, 2.45) is 0 Å². The van der Waals surface area contributed by atoms with Crippen molar-refractivity contribution in [3.63, 3.8) is 0 Å². The molecule has 2 aliphatic heterocycles. The fourth-order valence-corrected chi connectivity index (χ4v) is 7.01. The summed E-state index contributed by atoms with van der Waals surface area (Å²) in [5.41, 5.74) is -15.0. The summed E-state index contributed by atoms with van der Waals surface area (Å²) in [6.45, 7) is 2.36. The molecular formula is C48H10F20O21. The average Bonchev–Trinajstić information content (AvgIpc) is 1.65. The number of rotatable bonds is 12. The molecule has 0 atom stereocenters. The van der Waals surface area contributed by atoms with Crippen LogP contribution >= 0.6 is 0 Å². The maximum Gasteiger partial charge on any atom is 0.350 e. The first kappa shape index (κ1) is 66.6. The van der Waals surface area contributed by atoms with Gasteiger partial charge in [-0.3, -0.25) is 9.59 Å². The number of carbonyl (C=O) groups excluding carboxylic acids is 6. The Balaban J connectivity index is 0.000000256. The minimum Gasteiger partial charge on any atom is -0.478 e. The zero-order chi connectivity index (χ0) is 67.5. The number of carboxylic acids is 4. The van der Waals surface area contributed by atoms with Gasteiger partial charge in [-0.2, -0.15) is 52.7 Å². The average molecular weight is 1300 g/mol. The van der Waals surface area contributed by atoms with E-state index in [0.717, 1.165) is 0 Å². The van der Waals surface area contributed by atoms with Gasteiger partial charge in [-0.1, -0.05) is 0 Å². The van der Waals surface area contributed by atoms with Crippen molar-refractivity contribution in [3.8, 4) is 46.0 Å². The van der Waals surface area contributed by atoms with Crippen molar-refractivity contribution in [2.45, 2.75) is 13.8 Å². The third-order valence-corrected chi connectivity index (χ3v) is 10.6. The topological polar surface area (TPSA) is 316 Å². The van der Waals surface area contributed by atoms with Crippen LogP contribution in [-0.4, -0.2) is 80.1 Å². The van der Waals surface area contributed by atoms with Gasteiger partial charge < -0.3 is 53.6 Å². The van der Waals surface area contributed by atoms with Crippen LogP contribution < -0.4 is 18.9 Å². The number of halogens is 20. The summed E-state index contributed by atoms with van der Waals surface area (Å²) in [5, 5.41) is 35.6. The first-order valence-electron chi connectivity index (χ1n) is 21.6. The lowest BCUT2D eigenvalue weighted by atomic mass is 10.0. The molecule has 2 aliphatic rings. The Morgan fingerprint density at radius 3 is 0.607 bits per heavy atom. The zero-order valence-corrected chi connectivity index (χ0v) is 41.3. The fourth-order valence-electron chi connectivity index (χ4n) is 7.01. The maximum atomic E-state index is 14.6. The number of benzene rings is 6. The number of carbonyl (C=O) groups is 10. The Kier molecular flexibility index (Phi) is 18.3. The lowest BCUT2D eigenvalue weighted by molar-refractivity contribution is -0.156. The van der Waals surface area contributed by atoms with Crippen molar-refractivity contribution in [1.29, 1.82) is 0 Å². The number of fused-ring (bicyclic) bond motifs is 2. The van der Waals surface area contributed by atoms with Crippen molar-refractivity contribution < 1.29 is 189 Å². The van der Waals surface area contributed by atoms with Crippen molar-refractivity contribution in [2.75, 3.05) is 0 Å². The Morgan fingerprint density at radius 1 is 0.258 bits per heavy atom. The van der Waals surface area contributed by atoms with E-state index in [9.17, 15) is 136 Å². The smallest absolute Gasteiger partial charge is 0.350 e. The van der Waals surface area contributed by atoms with E-state index in [0.29, 0.717) is 0 Å². The Bertz CT molecular complexity index is 3980. The third-order valence-electron chi connectivity index (χ3n) is 10.6. The number of hydrogen-bond donors (Lipinski definition) is 4. The van der Waals surface area contributed by atoms with Crippen molar-refractivity contribution in [3.05, 3.63) is 161 Å². The van der Waals surface area contributed by atoms with Crippen LogP contribution in [0.4, 0.5) is 87.8 Å². The molecule has 0 spiro atoms. The first-order valence-corrected chi connectivity index (χ1v) is 21.6. The highest BCUT2D eigenvalue weighted by Gasteiger charge is 2.45. The molecule has 0 aliphatic carbocycles. The van der Waals surface area contributed by atoms with Gasteiger partial charge in [-0.05, 0) is 0 Å². The first-order chi connectivity index (χ1) is 41.2. The summed E-state index contributed by atoms with van der Waals surface area (Å²) in [6.07, 6.45) is 0. The molecule has 89 heavy (non-hydrogen) atoms. The zero-order valence-electron chi connectivity index (χ0n) is 41.3. The van der Waals surface area contributed by atoms with Crippen LogP contribution in [0.2, 0.25) is 0 Å². The minimum atomic E-state index is -2.91. The molecule has 0 bridgehead atoms. The standard InChI is InChI=1S/C22H4F10O10.C22F10O8.C4H6O3/c23-5-1(19(33)34)3(21(37)38)7(25)15(9(5)27)41-17-11(29)13(31)18(14(32)12(17)30)42-16-8(26)4(22(39)40)2(20(35)36)6(24)10(16)28;23-5-1-3(21(35)39-19(1)33)7(25)15(9(5)27)37-17-11(29)13(31)18(14(32)12(17)30)38-16-8(26)4-2(6(24)10(16)28)20(34)40-22(4)36;1-3(5)7-4(2)6/h(H,33,34)(H,35,36)(H,37,38)(H,39,40);;1-2H3.